The van der Waals surface area contributed by atoms with Crippen LogP contribution >= 0.6 is 59.4 Å². The maximum absolute atomic E-state index is 5.76. The van der Waals surface area contributed by atoms with Crippen LogP contribution in [0.1, 0.15) is 11.1 Å². The summed E-state index contributed by atoms with van der Waals surface area (Å²) < 4.78 is 4.77. The maximum Gasteiger partial charge on any atom is 0.163 e. The molecule has 0 N–H and O–H groups in total. The van der Waals surface area contributed by atoms with Crippen LogP contribution in [0.4, 0.5) is 0 Å². The second-order valence-corrected chi connectivity index (χ2v) is 9.69. The second-order valence-electron chi connectivity index (χ2n) is 2.67. The zero-order valence-electron chi connectivity index (χ0n) is 7.36. The average Bonchev–Trinajstić information content (AvgIpc) is 2.15. The summed E-state index contributed by atoms with van der Waals surface area (Å²) in [5.74, 6) is 1.28. The lowest BCUT2D eigenvalue weighted by atomic mass is 10.1. The first-order chi connectivity index (χ1) is 6.49. The largest absolute Gasteiger partial charge is 0.496 e. The third-order valence-corrected chi connectivity index (χ3v) is 3.31. The number of methoxy groups -OCH3 is 1. The van der Waals surface area contributed by atoms with Crippen molar-refractivity contribution in [2.45, 2.75) is 8.02 Å². The Balaban J connectivity index is 3.22. The molecular formula is C9H8Br3ClO. The number of alkyl halides is 4. The van der Waals surface area contributed by atoms with Gasteiger partial charge in [-0.25, -0.2) is 0 Å². The Bertz CT molecular complexity index is 322. The zero-order valence-corrected chi connectivity index (χ0v) is 12.9. The van der Waals surface area contributed by atoms with E-state index in [-0.39, 0.29) is 0 Å². The molecule has 0 amide bonds. The van der Waals surface area contributed by atoms with E-state index in [1.54, 1.807) is 7.11 Å². The number of halogens is 4. The Kier molecular flexibility index (Phi) is 4.75. The molecule has 0 bridgehead atoms. The molecule has 5 heteroatoms. The van der Waals surface area contributed by atoms with Crippen molar-refractivity contribution in [1.82, 2.24) is 0 Å². The number of hydrogen-bond donors (Lipinski definition) is 0. The minimum absolute atomic E-state index is 0.472. The lowest BCUT2D eigenvalue weighted by Crippen LogP contribution is -2.02. The van der Waals surface area contributed by atoms with Gasteiger partial charge in [0.25, 0.3) is 0 Å². The molecular weight excluding hydrogens is 399 g/mol. The smallest absolute Gasteiger partial charge is 0.163 e. The van der Waals surface area contributed by atoms with Crippen LogP contribution in [0, 0.1) is 0 Å². The van der Waals surface area contributed by atoms with E-state index >= 15 is 0 Å². The van der Waals surface area contributed by atoms with Gasteiger partial charge in [0.15, 0.2) is 2.14 Å². The van der Waals surface area contributed by atoms with Gasteiger partial charge in [0, 0.05) is 11.4 Å². The molecule has 0 unspecified atom stereocenters. The quantitative estimate of drug-likeness (QED) is 0.645. The van der Waals surface area contributed by atoms with E-state index in [0.29, 0.717) is 5.88 Å². The van der Waals surface area contributed by atoms with Gasteiger partial charge in [-0.2, -0.15) is 0 Å². The van der Waals surface area contributed by atoms with Crippen LogP contribution in [0.15, 0.2) is 18.2 Å². The molecule has 0 aromatic heterocycles. The van der Waals surface area contributed by atoms with E-state index in [1.165, 1.54) is 0 Å². The summed E-state index contributed by atoms with van der Waals surface area (Å²) in [4.78, 5) is 0. The van der Waals surface area contributed by atoms with Gasteiger partial charge in [-0.1, -0.05) is 53.9 Å². The summed E-state index contributed by atoms with van der Waals surface area (Å²) in [6.07, 6.45) is 0. The maximum atomic E-state index is 5.76. The minimum atomic E-state index is -0.472. The molecule has 1 nitrogen and oxygen atoms in total. The van der Waals surface area contributed by atoms with E-state index in [4.69, 9.17) is 16.3 Å². The third-order valence-electron chi connectivity index (χ3n) is 1.72. The second kappa shape index (κ2) is 5.19. The molecule has 1 aromatic carbocycles. The Morgan fingerprint density at radius 2 is 2.00 bits per heavy atom. The van der Waals surface area contributed by atoms with Crippen molar-refractivity contribution in [2.24, 2.45) is 0 Å². The highest BCUT2D eigenvalue weighted by atomic mass is 80.0. The minimum Gasteiger partial charge on any atom is -0.496 e. The van der Waals surface area contributed by atoms with Crippen molar-refractivity contribution in [3.05, 3.63) is 29.3 Å². The average molecular weight is 407 g/mol. The van der Waals surface area contributed by atoms with Crippen molar-refractivity contribution >= 4 is 59.4 Å². The molecule has 0 atom stereocenters. The highest BCUT2D eigenvalue weighted by Crippen LogP contribution is 2.48. The van der Waals surface area contributed by atoms with Crippen LogP contribution in [0.5, 0.6) is 5.75 Å². The Labute approximate surface area is 114 Å². The molecule has 78 valence electrons. The summed E-state index contributed by atoms with van der Waals surface area (Å²) in [5.41, 5.74) is 2.00. The molecule has 0 saturated carbocycles. The molecule has 0 aliphatic heterocycles. The van der Waals surface area contributed by atoms with Crippen molar-refractivity contribution in [2.75, 3.05) is 7.11 Å². The highest BCUT2D eigenvalue weighted by Gasteiger charge is 2.25. The number of ether oxygens (including phenoxy) is 1. The van der Waals surface area contributed by atoms with Crippen molar-refractivity contribution in [1.29, 1.82) is 0 Å². The first kappa shape index (κ1) is 12.8. The van der Waals surface area contributed by atoms with Gasteiger partial charge >= 0.3 is 0 Å². The molecule has 0 saturated heterocycles. The highest BCUT2D eigenvalue weighted by molar-refractivity contribution is 9.38. The predicted octanol–water partition coefficient (Wildman–Crippen LogP) is 4.73. The molecule has 14 heavy (non-hydrogen) atoms. The standard InChI is InChI=1S/C9H8Br3ClO/c1-14-8-3-2-6(5-13)4-7(8)9(10,11)12/h2-4H,5H2,1H3. The Morgan fingerprint density at radius 1 is 1.36 bits per heavy atom. The summed E-state index contributed by atoms with van der Waals surface area (Å²) in [5, 5.41) is 0. The van der Waals surface area contributed by atoms with E-state index in [9.17, 15) is 0 Å². The fourth-order valence-electron chi connectivity index (χ4n) is 1.06. The summed E-state index contributed by atoms with van der Waals surface area (Å²) >= 11 is 16.1. The fourth-order valence-corrected chi connectivity index (χ4v) is 2.16. The van der Waals surface area contributed by atoms with Crippen LogP contribution in [0.2, 0.25) is 0 Å². The van der Waals surface area contributed by atoms with Gasteiger partial charge in [0.05, 0.1) is 7.11 Å². The van der Waals surface area contributed by atoms with Gasteiger partial charge in [0.1, 0.15) is 5.75 Å². The topological polar surface area (TPSA) is 9.23 Å². The first-order valence-corrected chi connectivity index (χ1v) is 6.70. The van der Waals surface area contributed by atoms with Gasteiger partial charge in [0.2, 0.25) is 0 Å². The van der Waals surface area contributed by atoms with E-state index in [2.05, 4.69) is 47.8 Å². The van der Waals surface area contributed by atoms with Crippen LogP contribution in [-0.2, 0) is 8.02 Å². The first-order valence-electron chi connectivity index (χ1n) is 3.79. The van der Waals surface area contributed by atoms with Crippen molar-refractivity contribution < 1.29 is 4.74 Å². The van der Waals surface area contributed by atoms with Crippen molar-refractivity contribution in [3.8, 4) is 5.75 Å². The molecule has 0 radical (unpaired) electrons. The van der Waals surface area contributed by atoms with Gasteiger partial charge in [-0.3, -0.25) is 0 Å². The van der Waals surface area contributed by atoms with Crippen LogP contribution in [0.3, 0.4) is 0 Å². The van der Waals surface area contributed by atoms with E-state index in [1.807, 2.05) is 18.2 Å². The molecule has 1 rings (SSSR count). The molecule has 0 aliphatic rings. The number of rotatable bonds is 2. The van der Waals surface area contributed by atoms with Crippen molar-refractivity contribution in [3.63, 3.8) is 0 Å². The van der Waals surface area contributed by atoms with Crippen LogP contribution in [0.25, 0.3) is 0 Å². The Hall–Kier alpha value is 0.750. The molecule has 0 heterocycles. The van der Waals surface area contributed by atoms with Gasteiger partial charge < -0.3 is 4.74 Å². The van der Waals surface area contributed by atoms with Crippen LogP contribution in [-0.4, -0.2) is 7.11 Å². The SMILES string of the molecule is COc1ccc(CCl)cc1C(Br)(Br)Br. The number of hydrogen-bond acceptors (Lipinski definition) is 1. The molecule has 0 aliphatic carbocycles. The summed E-state index contributed by atoms with van der Waals surface area (Å²) in [6, 6.07) is 5.81. The molecule has 0 spiro atoms. The summed E-state index contributed by atoms with van der Waals surface area (Å²) in [6.45, 7) is 0. The lowest BCUT2D eigenvalue weighted by molar-refractivity contribution is 0.411. The lowest BCUT2D eigenvalue weighted by Gasteiger charge is -2.17. The van der Waals surface area contributed by atoms with E-state index in [0.717, 1.165) is 16.9 Å². The fraction of sp³-hybridized carbons (Fsp3) is 0.333. The molecule has 0 fully saturated rings. The Morgan fingerprint density at radius 3 is 2.43 bits per heavy atom. The number of benzene rings is 1. The monoisotopic (exact) mass is 404 g/mol. The van der Waals surface area contributed by atoms with Gasteiger partial charge in [-0.15, -0.1) is 11.6 Å². The zero-order chi connectivity index (χ0) is 10.8. The predicted molar refractivity (Wildman–Crippen MR) is 71.0 cm³/mol. The van der Waals surface area contributed by atoms with Crippen LogP contribution < -0.4 is 4.74 Å². The normalized spacial score (nSPS) is 11.5. The summed E-state index contributed by atoms with van der Waals surface area (Å²) in [7, 11) is 1.64. The molecule has 1 aromatic rings. The van der Waals surface area contributed by atoms with Gasteiger partial charge in [-0.05, 0) is 17.7 Å². The third kappa shape index (κ3) is 3.12. The van der Waals surface area contributed by atoms with E-state index < -0.39 is 2.14 Å².